The van der Waals surface area contributed by atoms with Gasteiger partial charge in [-0.05, 0) is 20.2 Å². The highest BCUT2D eigenvalue weighted by molar-refractivity contribution is 6.47. The summed E-state index contributed by atoms with van der Waals surface area (Å²) in [6.07, 6.45) is 0. The highest BCUT2D eigenvalue weighted by atomic mass is 35.5. The van der Waals surface area contributed by atoms with Gasteiger partial charge >= 0.3 is 5.97 Å². The number of nitrogens with zero attached hydrogens (tertiary/aromatic N) is 1. The van der Waals surface area contributed by atoms with Crippen molar-refractivity contribution in [3.63, 3.8) is 0 Å². The van der Waals surface area contributed by atoms with E-state index in [9.17, 15) is 4.79 Å². The van der Waals surface area contributed by atoms with Crippen LogP contribution in [0.2, 0.25) is 0 Å². The van der Waals surface area contributed by atoms with Crippen molar-refractivity contribution in [3.8, 4) is 5.75 Å². The molecule has 0 aliphatic carbocycles. The Kier molecular flexibility index (Phi) is 5.02. The zero-order chi connectivity index (χ0) is 13.9. The first-order chi connectivity index (χ1) is 8.26. The Labute approximate surface area is 118 Å². The fraction of sp³-hybridized carbons (Fsp3) is 0.462. The van der Waals surface area contributed by atoms with Gasteiger partial charge in [0.25, 0.3) is 0 Å². The lowest BCUT2D eigenvalue weighted by molar-refractivity contribution is -0.137. The molecule has 0 amide bonds. The van der Waals surface area contributed by atoms with Gasteiger partial charge in [-0.2, -0.15) is 0 Å². The number of ether oxygens (including phenoxy) is 1. The zero-order valence-electron chi connectivity index (χ0n) is 10.9. The van der Waals surface area contributed by atoms with E-state index in [1.807, 2.05) is 0 Å². The molecule has 1 aromatic carbocycles. The molecular formula is C13H17Cl2NO2. The van der Waals surface area contributed by atoms with E-state index >= 15 is 0 Å². The number of hydrogen-bond donors (Lipinski definition) is 0. The van der Waals surface area contributed by atoms with Crippen LogP contribution in [-0.4, -0.2) is 25.0 Å². The number of rotatable bonds is 4. The molecule has 0 aliphatic rings. The number of carbonyl (C=O) groups is 1. The van der Waals surface area contributed by atoms with Gasteiger partial charge in [-0.15, -0.1) is 0 Å². The van der Waals surface area contributed by atoms with E-state index in [0.29, 0.717) is 11.3 Å². The van der Waals surface area contributed by atoms with Gasteiger partial charge in [0.05, 0.1) is 5.92 Å². The number of halogens is 2. The SMILES string of the molecule is CC(C)C(=O)Oc1ccccc1C(Cl)(Cl)N(C)C. The lowest BCUT2D eigenvalue weighted by atomic mass is 10.1. The maximum Gasteiger partial charge on any atom is 0.313 e. The van der Waals surface area contributed by atoms with Gasteiger partial charge < -0.3 is 4.74 Å². The van der Waals surface area contributed by atoms with E-state index in [4.69, 9.17) is 27.9 Å². The van der Waals surface area contributed by atoms with Gasteiger partial charge in [-0.25, -0.2) is 0 Å². The van der Waals surface area contributed by atoms with Crippen LogP contribution < -0.4 is 4.74 Å². The number of alkyl halides is 2. The van der Waals surface area contributed by atoms with Gasteiger partial charge in [0.1, 0.15) is 5.75 Å². The third kappa shape index (κ3) is 3.37. The second kappa shape index (κ2) is 5.91. The number of carbonyl (C=O) groups excluding carboxylic acids is 1. The van der Waals surface area contributed by atoms with Crippen molar-refractivity contribution in [2.75, 3.05) is 14.1 Å². The molecular weight excluding hydrogens is 273 g/mol. The van der Waals surface area contributed by atoms with E-state index in [1.165, 1.54) is 0 Å². The molecule has 0 atom stereocenters. The number of para-hydroxylation sites is 1. The zero-order valence-corrected chi connectivity index (χ0v) is 12.4. The molecule has 0 aromatic heterocycles. The first-order valence-electron chi connectivity index (χ1n) is 5.63. The molecule has 0 aliphatic heterocycles. The van der Waals surface area contributed by atoms with Crippen molar-refractivity contribution in [1.29, 1.82) is 0 Å². The Hall–Kier alpha value is -0.770. The molecule has 0 bridgehead atoms. The van der Waals surface area contributed by atoms with E-state index in [-0.39, 0.29) is 11.9 Å². The topological polar surface area (TPSA) is 29.5 Å². The average molecular weight is 290 g/mol. The molecule has 100 valence electrons. The Balaban J connectivity index is 3.11. The van der Waals surface area contributed by atoms with Gasteiger partial charge in [0, 0.05) is 5.56 Å². The highest BCUT2D eigenvalue weighted by Gasteiger charge is 2.33. The first-order valence-corrected chi connectivity index (χ1v) is 6.39. The molecule has 0 heterocycles. The molecule has 0 N–H and O–H groups in total. The van der Waals surface area contributed by atoms with E-state index in [0.717, 1.165) is 0 Å². The van der Waals surface area contributed by atoms with Crippen LogP contribution in [0.3, 0.4) is 0 Å². The van der Waals surface area contributed by atoms with Crippen molar-refractivity contribution in [2.24, 2.45) is 5.92 Å². The lowest BCUT2D eigenvalue weighted by Crippen LogP contribution is -2.31. The van der Waals surface area contributed by atoms with Crippen molar-refractivity contribution < 1.29 is 9.53 Å². The molecule has 0 saturated carbocycles. The second-order valence-electron chi connectivity index (χ2n) is 4.51. The van der Waals surface area contributed by atoms with Crippen LogP contribution in [0.4, 0.5) is 0 Å². The van der Waals surface area contributed by atoms with Crippen molar-refractivity contribution in [1.82, 2.24) is 4.90 Å². The van der Waals surface area contributed by atoms with Crippen LogP contribution in [0.25, 0.3) is 0 Å². The molecule has 18 heavy (non-hydrogen) atoms. The van der Waals surface area contributed by atoms with Crippen LogP contribution >= 0.6 is 23.2 Å². The summed E-state index contributed by atoms with van der Waals surface area (Å²) in [5, 5.41) is 0. The quantitative estimate of drug-likeness (QED) is 0.368. The maximum atomic E-state index is 11.6. The summed E-state index contributed by atoms with van der Waals surface area (Å²) < 4.78 is 4.07. The maximum absolute atomic E-state index is 11.6. The summed E-state index contributed by atoms with van der Waals surface area (Å²) in [5.41, 5.74) is 0.548. The fourth-order valence-electron chi connectivity index (χ4n) is 1.27. The van der Waals surface area contributed by atoms with Crippen LogP contribution in [0, 0.1) is 5.92 Å². The first kappa shape index (κ1) is 15.3. The Morgan fingerprint density at radius 2 is 1.83 bits per heavy atom. The van der Waals surface area contributed by atoms with Gasteiger partial charge in [-0.3, -0.25) is 9.69 Å². The van der Waals surface area contributed by atoms with Gasteiger partial charge in [0.15, 0.2) is 4.46 Å². The minimum atomic E-state index is -1.24. The van der Waals surface area contributed by atoms with Crippen LogP contribution in [0.1, 0.15) is 19.4 Å². The number of esters is 1. The van der Waals surface area contributed by atoms with Crippen LogP contribution in [-0.2, 0) is 9.25 Å². The molecule has 0 radical (unpaired) electrons. The molecule has 5 heteroatoms. The largest absolute Gasteiger partial charge is 0.426 e. The molecule has 0 spiro atoms. The normalized spacial score (nSPS) is 12.0. The number of benzene rings is 1. The predicted octanol–water partition coefficient (Wildman–Crippen LogP) is 3.40. The van der Waals surface area contributed by atoms with Gasteiger partial charge in [0.2, 0.25) is 0 Å². The standard InChI is InChI=1S/C13H17Cl2NO2/c1-9(2)12(17)18-11-8-6-5-7-10(11)13(14,15)16(3)4/h5-9H,1-4H3. The third-order valence-corrected chi connectivity index (χ3v) is 3.54. The molecule has 0 saturated heterocycles. The molecule has 3 nitrogen and oxygen atoms in total. The average Bonchev–Trinajstić information content (AvgIpc) is 2.29. The summed E-state index contributed by atoms with van der Waals surface area (Å²) >= 11 is 12.5. The summed E-state index contributed by atoms with van der Waals surface area (Å²) in [6, 6.07) is 6.98. The van der Waals surface area contributed by atoms with Crippen molar-refractivity contribution in [3.05, 3.63) is 29.8 Å². The minimum Gasteiger partial charge on any atom is -0.426 e. The summed E-state index contributed by atoms with van der Waals surface area (Å²) in [4.78, 5) is 13.3. The summed E-state index contributed by atoms with van der Waals surface area (Å²) in [7, 11) is 3.50. The minimum absolute atomic E-state index is 0.211. The number of hydrogen-bond acceptors (Lipinski definition) is 3. The molecule has 1 rings (SSSR count). The Morgan fingerprint density at radius 3 is 2.33 bits per heavy atom. The smallest absolute Gasteiger partial charge is 0.313 e. The van der Waals surface area contributed by atoms with Crippen molar-refractivity contribution in [2.45, 2.75) is 18.3 Å². The third-order valence-electron chi connectivity index (χ3n) is 2.45. The second-order valence-corrected chi connectivity index (χ2v) is 5.80. The molecule has 1 aromatic rings. The summed E-state index contributed by atoms with van der Waals surface area (Å²) in [5.74, 6) is -0.141. The van der Waals surface area contributed by atoms with Gasteiger partial charge in [-0.1, -0.05) is 55.2 Å². The van der Waals surface area contributed by atoms with E-state index in [2.05, 4.69) is 0 Å². The molecule has 0 unspecified atom stereocenters. The summed E-state index contributed by atoms with van der Waals surface area (Å²) in [6.45, 7) is 3.54. The molecule has 0 fully saturated rings. The van der Waals surface area contributed by atoms with Crippen LogP contribution in [0.15, 0.2) is 24.3 Å². The lowest BCUT2D eigenvalue weighted by Gasteiger charge is -2.29. The monoisotopic (exact) mass is 289 g/mol. The Bertz CT molecular complexity index is 431. The Morgan fingerprint density at radius 1 is 1.28 bits per heavy atom. The van der Waals surface area contributed by atoms with Crippen LogP contribution in [0.5, 0.6) is 5.75 Å². The predicted molar refractivity (Wildman–Crippen MR) is 74.0 cm³/mol. The highest BCUT2D eigenvalue weighted by Crippen LogP contribution is 2.40. The fourth-order valence-corrected chi connectivity index (χ4v) is 1.58. The van der Waals surface area contributed by atoms with E-state index in [1.54, 1.807) is 57.1 Å². The van der Waals surface area contributed by atoms with E-state index < -0.39 is 4.46 Å². The van der Waals surface area contributed by atoms with Crippen molar-refractivity contribution >= 4 is 29.2 Å².